The average molecular weight is 290 g/mol. The highest BCUT2D eigenvalue weighted by Crippen LogP contribution is 2.23. The number of aromatic nitrogens is 2. The Hall–Kier alpha value is -3.01. The lowest BCUT2D eigenvalue weighted by Crippen LogP contribution is -2.03. The van der Waals surface area contributed by atoms with E-state index in [1.54, 1.807) is 18.5 Å². The molecule has 22 heavy (non-hydrogen) atoms. The summed E-state index contributed by atoms with van der Waals surface area (Å²) in [6.07, 6.45) is 3.38. The number of carbonyl (C=O) groups excluding carboxylic acids is 1. The fraction of sp³-hybridized carbons (Fsp3) is 0.0556. The molecule has 1 heterocycles. The largest absolute Gasteiger partial charge is 0.423 e. The zero-order valence-corrected chi connectivity index (χ0v) is 11.9. The Labute approximate surface area is 128 Å². The summed E-state index contributed by atoms with van der Waals surface area (Å²) < 4.78 is 5.16. The molecule has 0 amide bonds. The third kappa shape index (κ3) is 3.01. The van der Waals surface area contributed by atoms with E-state index in [0.717, 1.165) is 28.2 Å². The molecule has 0 aliphatic heterocycles. The van der Waals surface area contributed by atoms with Crippen molar-refractivity contribution in [1.29, 1.82) is 0 Å². The molecule has 0 bridgehead atoms. The fourth-order valence-electron chi connectivity index (χ4n) is 2.24. The average Bonchev–Trinajstić information content (AvgIpc) is 2.56. The number of fused-ring (bicyclic) bond motifs is 1. The molecule has 0 N–H and O–H groups in total. The summed E-state index contributed by atoms with van der Waals surface area (Å²) in [7, 11) is 0. The van der Waals surface area contributed by atoms with Gasteiger partial charge >= 0.3 is 5.97 Å². The van der Waals surface area contributed by atoms with Gasteiger partial charge < -0.3 is 4.74 Å². The highest BCUT2D eigenvalue weighted by atomic mass is 16.5. The van der Waals surface area contributed by atoms with Gasteiger partial charge in [-0.1, -0.05) is 36.9 Å². The molecule has 3 aromatic rings. The van der Waals surface area contributed by atoms with Crippen molar-refractivity contribution in [3.8, 4) is 5.75 Å². The summed E-state index contributed by atoms with van der Waals surface area (Å²) in [4.78, 5) is 19.9. The van der Waals surface area contributed by atoms with Crippen molar-refractivity contribution in [3.63, 3.8) is 0 Å². The molecule has 0 saturated heterocycles. The summed E-state index contributed by atoms with van der Waals surface area (Å²) in [5, 5.41) is 0.876. The number of hydrogen-bond acceptors (Lipinski definition) is 4. The van der Waals surface area contributed by atoms with Crippen LogP contribution in [0.4, 0.5) is 0 Å². The molecule has 0 spiro atoms. The van der Waals surface area contributed by atoms with Gasteiger partial charge in [0.1, 0.15) is 12.1 Å². The van der Waals surface area contributed by atoms with E-state index in [9.17, 15) is 4.79 Å². The van der Waals surface area contributed by atoms with Crippen LogP contribution in [0.1, 0.15) is 11.3 Å². The molecule has 3 rings (SSSR count). The van der Waals surface area contributed by atoms with Crippen molar-refractivity contribution < 1.29 is 9.53 Å². The van der Waals surface area contributed by atoms with Gasteiger partial charge in [-0.25, -0.2) is 14.8 Å². The first-order valence-corrected chi connectivity index (χ1v) is 6.88. The Morgan fingerprint density at radius 1 is 1.14 bits per heavy atom. The maximum atomic E-state index is 11.3. The highest BCUT2D eigenvalue weighted by Gasteiger charge is 2.08. The minimum absolute atomic E-state index is 0.460. The summed E-state index contributed by atoms with van der Waals surface area (Å²) in [6, 6.07) is 15.4. The molecule has 2 aromatic carbocycles. The van der Waals surface area contributed by atoms with Gasteiger partial charge in [-0.05, 0) is 23.8 Å². The van der Waals surface area contributed by atoms with Gasteiger partial charge in [-0.2, -0.15) is 0 Å². The normalized spacial score (nSPS) is 10.4. The van der Waals surface area contributed by atoms with E-state index in [2.05, 4.69) is 28.7 Å². The molecule has 4 heteroatoms. The summed E-state index contributed by atoms with van der Waals surface area (Å²) >= 11 is 0. The van der Waals surface area contributed by atoms with E-state index in [-0.39, 0.29) is 0 Å². The van der Waals surface area contributed by atoms with Crippen molar-refractivity contribution in [2.24, 2.45) is 0 Å². The fourth-order valence-corrected chi connectivity index (χ4v) is 2.24. The van der Waals surface area contributed by atoms with Crippen LogP contribution in [-0.4, -0.2) is 15.9 Å². The van der Waals surface area contributed by atoms with Gasteiger partial charge in [-0.3, -0.25) is 0 Å². The Morgan fingerprint density at radius 2 is 1.95 bits per heavy atom. The Balaban J connectivity index is 2.00. The number of hydrogen-bond donors (Lipinski definition) is 0. The predicted molar refractivity (Wildman–Crippen MR) is 84.6 cm³/mol. The van der Waals surface area contributed by atoms with Crippen molar-refractivity contribution >= 4 is 16.9 Å². The van der Waals surface area contributed by atoms with E-state index in [0.29, 0.717) is 12.2 Å². The minimum Gasteiger partial charge on any atom is -0.423 e. The zero-order chi connectivity index (χ0) is 15.4. The zero-order valence-electron chi connectivity index (χ0n) is 11.9. The second-order valence-electron chi connectivity index (χ2n) is 4.79. The number of ether oxygens (including phenoxy) is 1. The predicted octanol–water partition coefficient (Wildman–Crippen LogP) is 3.31. The van der Waals surface area contributed by atoms with E-state index < -0.39 is 5.97 Å². The molecular formula is C18H14N2O2. The van der Waals surface area contributed by atoms with Crippen LogP contribution in [0.25, 0.3) is 10.9 Å². The first-order valence-electron chi connectivity index (χ1n) is 6.88. The molecule has 0 aliphatic rings. The molecule has 0 saturated carbocycles. The standard InChI is InChI=1S/C18H14N2O2/c1-2-18(21)22-14-8-9-16-15(11-14)17(20-12-19-16)10-13-6-4-3-5-7-13/h2-9,11-12H,1,10H2. The Morgan fingerprint density at radius 3 is 2.73 bits per heavy atom. The van der Waals surface area contributed by atoms with E-state index in [1.165, 1.54) is 0 Å². The van der Waals surface area contributed by atoms with E-state index >= 15 is 0 Å². The monoisotopic (exact) mass is 290 g/mol. The van der Waals surface area contributed by atoms with Crippen molar-refractivity contribution in [3.05, 3.63) is 78.8 Å². The van der Waals surface area contributed by atoms with Crippen LogP contribution in [0.2, 0.25) is 0 Å². The maximum Gasteiger partial charge on any atom is 0.335 e. The number of carbonyl (C=O) groups is 1. The molecule has 0 atom stereocenters. The Bertz CT molecular complexity index is 829. The van der Waals surface area contributed by atoms with Crippen LogP contribution in [0.5, 0.6) is 5.75 Å². The van der Waals surface area contributed by atoms with Crippen molar-refractivity contribution in [1.82, 2.24) is 9.97 Å². The number of esters is 1. The van der Waals surface area contributed by atoms with Gasteiger partial charge in [0.15, 0.2) is 0 Å². The van der Waals surface area contributed by atoms with Gasteiger partial charge in [0.2, 0.25) is 0 Å². The first-order chi connectivity index (χ1) is 10.8. The summed E-state index contributed by atoms with van der Waals surface area (Å²) in [5.41, 5.74) is 2.88. The smallest absolute Gasteiger partial charge is 0.335 e. The Kier molecular flexibility index (Phi) is 3.92. The lowest BCUT2D eigenvalue weighted by Gasteiger charge is -2.07. The molecule has 108 valence electrons. The molecule has 0 fully saturated rings. The summed E-state index contributed by atoms with van der Waals surface area (Å²) in [6.45, 7) is 3.39. The topological polar surface area (TPSA) is 52.1 Å². The number of nitrogens with zero attached hydrogens (tertiary/aromatic N) is 2. The maximum absolute atomic E-state index is 11.3. The van der Waals surface area contributed by atoms with Gasteiger partial charge in [-0.15, -0.1) is 0 Å². The minimum atomic E-state index is -0.485. The van der Waals surface area contributed by atoms with Crippen molar-refractivity contribution in [2.45, 2.75) is 6.42 Å². The SMILES string of the molecule is C=CC(=O)Oc1ccc2ncnc(Cc3ccccc3)c2c1. The van der Waals surface area contributed by atoms with Gasteiger partial charge in [0.05, 0.1) is 11.2 Å². The molecule has 0 unspecified atom stereocenters. The quantitative estimate of drug-likeness (QED) is 0.420. The highest BCUT2D eigenvalue weighted by molar-refractivity contribution is 5.86. The number of benzene rings is 2. The van der Waals surface area contributed by atoms with E-state index in [1.807, 2.05) is 24.3 Å². The lowest BCUT2D eigenvalue weighted by molar-refractivity contribution is -0.128. The lowest BCUT2D eigenvalue weighted by atomic mass is 10.1. The first kappa shape index (κ1) is 13.9. The third-order valence-electron chi connectivity index (χ3n) is 3.29. The summed E-state index contributed by atoms with van der Waals surface area (Å²) in [5.74, 6) is -0.0256. The molecule has 4 nitrogen and oxygen atoms in total. The van der Waals surface area contributed by atoms with Crippen LogP contribution in [-0.2, 0) is 11.2 Å². The second kappa shape index (κ2) is 6.18. The van der Waals surface area contributed by atoms with Crippen LogP contribution in [0.15, 0.2) is 67.5 Å². The van der Waals surface area contributed by atoms with Gasteiger partial charge in [0, 0.05) is 17.9 Å². The van der Waals surface area contributed by atoms with Crippen LogP contribution >= 0.6 is 0 Å². The van der Waals surface area contributed by atoms with Crippen LogP contribution in [0.3, 0.4) is 0 Å². The van der Waals surface area contributed by atoms with Crippen LogP contribution in [0, 0.1) is 0 Å². The third-order valence-corrected chi connectivity index (χ3v) is 3.29. The van der Waals surface area contributed by atoms with Gasteiger partial charge in [0.25, 0.3) is 0 Å². The number of rotatable bonds is 4. The molecular weight excluding hydrogens is 276 g/mol. The molecule has 0 radical (unpaired) electrons. The van der Waals surface area contributed by atoms with Crippen LogP contribution < -0.4 is 4.74 Å². The van der Waals surface area contributed by atoms with Crippen molar-refractivity contribution in [2.75, 3.05) is 0 Å². The molecule has 1 aromatic heterocycles. The van der Waals surface area contributed by atoms with E-state index in [4.69, 9.17) is 4.74 Å². The second-order valence-corrected chi connectivity index (χ2v) is 4.79. The molecule has 0 aliphatic carbocycles.